The van der Waals surface area contributed by atoms with Gasteiger partial charge in [-0.05, 0) is 24.3 Å². The van der Waals surface area contributed by atoms with Crippen LogP contribution in [0.4, 0.5) is 5.69 Å². The van der Waals surface area contributed by atoms with Crippen LogP contribution in [0.5, 0.6) is 0 Å². The maximum Gasteiger partial charge on any atom is 0.107 e. The lowest BCUT2D eigenvalue weighted by Gasteiger charge is -2.05. The number of H-pyrrole nitrogens is 1. The molecule has 0 atom stereocenters. The molecule has 0 aromatic carbocycles. The zero-order chi connectivity index (χ0) is 12.9. The molecule has 0 unspecified atom stereocenters. The molecule has 94 valence electrons. The predicted octanol–water partition coefficient (Wildman–Crippen LogP) is 2.48. The first-order valence-corrected chi connectivity index (χ1v) is 6.02. The highest BCUT2D eigenvalue weighted by molar-refractivity contribution is 5.70. The molecule has 5 heteroatoms. The Bertz CT molecular complexity index is 633. The van der Waals surface area contributed by atoms with E-state index in [4.69, 9.17) is 0 Å². The molecular formula is C14H13N5. The van der Waals surface area contributed by atoms with Gasteiger partial charge in [-0.3, -0.25) is 15.1 Å². The topological polar surface area (TPSA) is 66.5 Å². The van der Waals surface area contributed by atoms with E-state index in [-0.39, 0.29) is 0 Å². The highest BCUT2D eigenvalue weighted by Crippen LogP contribution is 2.23. The number of nitrogens with zero attached hydrogens (tertiary/aromatic N) is 3. The van der Waals surface area contributed by atoms with E-state index in [2.05, 4.69) is 25.5 Å². The Hall–Kier alpha value is -2.69. The fourth-order valence-corrected chi connectivity index (χ4v) is 1.81. The summed E-state index contributed by atoms with van der Waals surface area (Å²) in [6, 6.07) is 11.6. The van der Waals surface area contributed by atoms with Gasteiger partial charge < -0.3 is 5.32 Å². The Morgan fingerprint density at radius 2 is 1.84 bits per heavy atom. The highest BCUT2D eigenvalue weighted by atomic mass is 15.1. The van der Waals surface area contributed by atoms with Crippen molar-refractivity contribution in [2.24, 2.45) is 0 Å². The van der Waals surface area contributed by atoms with Crippen molar-refractivity contribution in [1.29, 1.82) is 0 Å². The number of aromatic nitrogens is 4. The molecular weight excluding hydrogens is 238 g/mol. The number of aromatic amines is 1. The SMILES string of the molecule is c1ccc(CNc2cn[nH]c2-c2ccccn2)nc1. The largest absolute Gasteiger partial charge is 0.376 e. The van der Waals surface area contributed by atoms with Gasteiger partial charge in [0, 0.05) is 12.4 Å². The van der Waals surface area contributed by atoms with Crippen LogP contribution in [-0.2, 0) is 6.54 Å². The van der Waals surface area contributed by atoms with E-state index in [9.17, 15) is 0 Å². The highest BCUT2D eigenvalue weighted by Gasteiger charge is 2.08. The van der Waals surface area contributed by atoms with Gasteiger partial charge >= 0.3 is 0 Å². The monoisotopic (exact) mass is 251 g/mol. The van der Waals surface area contributed by atoms with Crippen molar-refractivity contribution in [2.45, 2.75) is 6.54 Å². The Morgan fingerprint density at radius 1 is 1.00 bits per heavy atom. The fraction of sp³-hybridized carbons (Fsp3) is 0.0714. The Balaban J connectivity index is 1.78. The molecule has 3 heterocycles. The van der Waals surface area contributed by atoms with Gasteiger partial charge in [-0.15, -0.1) is 0 Å². The van der Waals surface area contributed by atoms with Crippen LogP contribution in [-0.4, -0.2) is 20.2 Å². The van der Waals surface area contributed by atoms with Crippen LogP contribution in [0.2, 0.25) is 0 Å². The van der Waals surface area contributed by atoms with Crippen molar-refractivity contribution in [3.8, 4) is 11.4 Å². The third kappa shape index (κ3) is 2.60. The van der Waals surface area contributed by atoms with Gasteiger partial charge in [-0.2, -0.15) is 5.10 Å². The van der Waals surface area contributed by atoms with Crippen LogP contribution >= 0.6 is 0 Å². The number of anilines is 1. The summed E-state index contributed by atoms with van der Waals surface area (Å²) in [5.41, 5.74) is 3.65. The first-order chi connectivity index (χ1) is 9.43. The third-order valence-electron chi connectivity index (χ3n) is 2.75. The molecule has 0 aliphatic rings. The predicted molar refractivity (Wildman–Crippen MR) is 73.4 cm³/mol. The van der Waals surface area contributed by atoms with Crippen molar-refractivity contribution in [3.05, 3.63) is 60.7 Å². The molecule has 0 radical (unpaired) electrons. The van der Waals surface area contributed by atoms with E-state index in [1.165, 1.54) is 0 Å². The van der Waals surface area contributed by atoms with Gasteiger partial charge in [0.2, 0.25) is 0 Å². The summed E-state index contributed by atoms with van der Waals surface area (Å²) in [6.07, 6.45) is 5.30. The van der Waals surface area contributed by atoms with Gasteiger partial charge in [-0.1, -0.05) is 12.1 Å². The molecule has 3 rings (SSSR count). The molecule has 0 saturated heterocycles. The van der Waals surface area contributed by atoms with Gasteiger partial charge in [-0.25, -0.2) is 0 Å². The van der Waals surface area contributed by atoms with Crippen molar-refractivity contribution in [2.75, 3.05) is 5.32 Å². The molecule has 0 saturated carbocycles. The smallest absolute Gasteiger partial charge is 0.107 e. The first kappa shape index (κ1) is 11.4. The lowest BCUT2D eigenvalue weighted by atomic mass is 10.2. The standard InChI is InChI=1S/C14H13N5/c1-3-7-15-11(5-1)9-17-13-10-18-19-14(13)12-6-2-4-8-16-12/h1-8,10,17H,9H2,(H,18,19). The third-order valence-corrected chi connectivity index (χ3v) is 2.75. The summed E-state index contributed by atoms with van der Waals surface area (Å²) in [5.74, 6) is 0. The molecule has 2 N–H and O–H groups in total. The molecule has 3 aromatic rings. The lowest BCUT2D eigenvalue weighted by molar-refractivity contribution is 1.05. The van der Waals surface area contributed by atoms with Crippen LogP contribution < -0.4 is 5.32 Å². The summed E-state index contributed by atoms with van der Waals surface area (Å²) < 4.78 is 0. The molecule has 0 spiro atoms. The molecule has 3 aromatic heterocycles. The normalized spacial score (nSPS) is 10.3. The number of pyridine rings is 2. The number of rotatable bonds is 4. The van der Waals surface area contributed by atoms with Crippen molar-refractivity contribution in [3.63, 3.8) is 0 Å². The van der Waals surface area contributed by atoms with E-state index >= 15 is 0 Å². The zero-order valence-electron chi connectivity index (χ0n) is 10.2. The van der Waals surface area contributed by atoms with Crippen molar-refractivity contribution < 1.29 is 0 Å². The first-order valence-electron chi connectivity index (χ1n) is 6.02. The van der Waals surface area contributed by atoms with Gasteiger partial charge in [0.1, 0.15) is 5.69 Å². The number of hydrogen-bond acceptors (Lipinski definition) is 4. The molecule has 0 aliphatic heterocycles. The average molecular weight is 251 g/mol. The molecule has 0 amide bonds. The van der Waals surface area contributed by atoms with Gasteiger partial charge in [0.05, 0.1) is 29.8 Å². The van der Waals surface area contributed by atoms with Crippen molar-refractivity contribution >= 4 is 5.69 Å². The zero-order valence-corrected chi connectivity index (χ0v) is 10.2. The van der Waals surface area contributed by atoms with E-state index in [1.54, 1.807) is 18.6 Å². The second-order valence-electron chi connectivity index (χ2n) is 4.05. The van der Waals surface area contributed by atoms with Crippen LogP contribution in [0.15, 0.2) is 55.0 Å². The summed E-state index contributed by atoms with van der Waals surface area (Å²) in [7, 11) is 0. The Kier molecular flexibility index (Phi) is 3.18. The maximum absolute atomic E-state index is 4.31. The number of hydrogen-bond donors (Lipinski definition) is 2. The van der Waals surface area contributed by atoms with E-state index in [1.807, 2.05) is 36.4 Å². The molecule has 5 nitrogen and oxygen atoms in total. The van der Waals surface area contributed by atoms with Crippen LogP contribution in [0.25, 0.3) is 11.4 Å². The van der Waals surface area contributed by atoms with Crippen molar-refractivity contribution in [1.82, 2.24) is 20.2 Å². The minimum atomic E-state index is 0.653. The second kappa shape index (κ2) is 5.30. The lowest BCUT2D eigenvalue weighted by Crippen LogP contribution is -2.01. The van der Waals surface area contributed by atoms with E-state index in [0.717, 1.165) is 22.8 Å². The molecule has 0 fully saturated rings. The molecule has 0 bridgehead atoms. The molecule has 19 heavy (non-hydrogen) atoms. The Labute approximate surface area is 110 Å². The second-order valence-corrected chi connectivity index (χ2v) is 4.05. The van der Waals surface area contributed by atoms with Crippen LogP contribution in [0.3, 0.4) is 0 Å². The van der Waals surface area contributed by atoms with E-state index in [0.29, 0.717) is 6.54 Å². The van der Waals surface area contributed by atoms with Gasteiger partial charge in [0.15, 0.2) is 0 Å². The summed E-state index contributed by atoms with van der Waals surface area (Å²) in [6.45, 7) is 0.653. The average Bonchev–Trinajstić information content (AvgIpc) is 2.95. The minimum absolute atomic E-state index is 0.653. The fourth-order valence-electron chi connectivity index (χ4n) is 1.81. The summed E-state index contributed by atoms with van der Waals surface area (Å²) >= 11 is 0. The van der Waals surface area contributed by atoms with Gasteiger partial charge in [0.25, 0.3) is 0 Å². The maximum atomic E-state index is 4.31. The Morgan fingerprint density at radius 3 is 2.58 bits per heavy atom. The molecule has 0 aliphatic carbocycles. The quantitative estimate of drug-likeness (QED) is 0.747. The van der Waals surface area contributed by atoms with Crippen LogP contribution in [0, 0.1) is 0 Å². The summed E-state index contributed by atoms with van der Waals surface area (Å²) in [4.78, 5) is 8.58. The van der Waals surface area contributed by atoms with E-state index < -0.39 is 0 Å². The summed E-state index contributed by atoms with van der Waals surface area (Å²) in [5, 5.41) is 10.3. The van der Waals surface area contributed by atoms with Crippen LogP contribution in [0.1, 0.15) is 5.69 Å². The minimum Gasteiger partial charge on any atom is -0.376 e. The number of nitrogens with one attached hydrogen (secondary N) is 2.